The van der Waals surface area contributed by atoms with Gasteiger partial charge >= 0.3 is 0 Å². The van der Waals surface area contributed by atoms with Crippen LogP contribution in [0, 0.1) is 20.8 Å². The first-order valence-corrected chi connectivity index (χ1v) is 7.47. The van der Waals surface area contributed by atoms with Crippen molar-refractivity contribution >= 4 is 5.78 Å². The lowest BCUT2D eigenvalue weighted by atomic mass is 9.89. The van der Waals surface area contributed by atoms with Gasteiger partial charge in [0.2, 0.25) is 0 Å². The molecular formula is C18H24O2. The van der Waals surface area contributed by atoms with Crippen LogP contribution in [0.3, 0.4) is 0 Å². The summed E-state index contributed by atoms with van der Waals surface area (Å²) in [6, 6.07) is 4.01. The van der Waals surface area contributed by atoms with Crippen LogP contribution >= 0.6 is 0 Å². The van der Waals surface area contributed by atoms with Crippen molar-refractivity contribution in [2.24, 2.45) is 0 Å². The Hall–Kier alpha value is -1.41. The van der Waals surface area contributed by atoms with Gasteiger partial charge in [-0.3, -0.25) is 4.79 Å². The topological polar surface area (TPSA) is 37.3 Å². The zero-order valence-corrected chi connectivity index (χ0v) is 12.7. The van der Waals surface area contributed by atoms with Gasteiger partial charge in [0.1, 0.15) is 6.10 Å². The molecule has 0 spiro atoms. The van der Waals surface area contributed by atoms with E-state index in [9.17, 15) is 9.90 Å². The van der Waals surface area contributed by atoms with Gasteiger partial charge in [-0.15, -0.1) is 0 Å². The van der Waals surface area contributed by atoms with E-state index in [-0.39, 0.29) is 5.78 Å². The summed E-state index contributed by atoms with van der Waals surface area (Å²) in [5.74, 6) is -0.133. The molecule has 1 aromatic rings. The first kappa shape index (κ1) is 15.0. The molecule has 0 saturated heterocycles. The van der Waals surface area contributed by atoms with Crippen molar-refractivity contribution in [2.45, 2.75) is 59.0 Å². The second-order valence-corrected chi connectivity index (χ2v) is 5.97. The summed E-state index contributed by atoms with van der Waals surface area (Å²) >= 11 is 0. The molecule has 0 saturated carbocycles. The van der Waals surface area contributed by atoms with Crippen molar-refractivity contribution in [3.63, 3.8) is 0 Å². The Morgan fingerprint density at radius 2 is 1.85 bits per heavy atom. The van der Waals surface area contributed by atoms with Crippen LogP contribution in [0.2, 0.25) is 0 Å². The van der Waals surface area contributed by atoms with Gasteiger partial charge in [0.05, 0.1) is 0 Å². The van der Waals surface area contributed by atoms with Crippen LogP contribution in [0.5, 0.6) is 0 Å². The van der Waals surface area contributed by atoms with E-state index in [1.54, 1.807) is 0 Å². The maximum absolute atomic E-state index is 12.5. The Balaban J connectivity index is 2.16. The molecule has 0 aromatic heterocycles. The van der Waals surface area contributed by atoms with E-state index in [2.05, 4.69) is 6.08 Å². The maximum Gasteiger partial charge on any atom is 0.192 e. The molecule has 2 rings (SSSR count). The number of aliphatic hydroxyl groups excluding tert-OH is 1. The lowest BCUT2D eigenvalue weighted by Crippen LogP contribution is -2.23. The van der Waals surface area contributed by atoms with Crippen molar-refractivity contribution in [3.8, 4) is 0 Å². The fourth-order valence-corrected chi connectivity index (χ4v) is 3.17. The summed E-state index contributed by atoms with van der Waals surface area (Å²) < 4.78 is 0. The van der Waals surface area contributed by atoms with Crippen LogP contribution in [0.1, 0.15) is 59.2 Å². The Morgan fingerprint density at radius 1 is 1.20 bits per heavy atom. The molecule has 1 aliphatic rings. The van der Waals surface area contributed by atoms with E-state index in [1.165, 1.54) is 18.4 Å². The smallest absolute Gasteiger partial charge is 0.192 e. The normalized spacial score (nSPS) is 16.7. The van der Waals surface area contributed by atoms with Crippen LogP contribution in [0.4, 0.5) is 0 Å². The lowest BCUT2D eigenvalue weighted by Gasteiger charge is -2.18. The molecule has 0 amide bonds. The summed E-state index contributed by atoms with van der Waals surface area (Å²) in [5.41, 5.74) is 5.01. The molecule has 1 aromatic carbocycles. The Kier molecular flexibility index (Phi) is 4.77. The highest BCUT2D eigenvalue weighted by molar-refractivity contribution is 6.02. The number of benzene rings is 1. The fourth-order valence-electron chi connectivity index (χ4n) is 3.17. The molecule has 0 aliphatic heterocycles. The van der Waals surface area contributed by atoms with Crippen LogP contribution in [0.15, 0.2) is 23.8 Å². The highest BCUT2D eigenvalue weighted by atomic mass is 16.3. The first-order valence-electron chi connectivity index (χ1n) is 7.47. The second-order valence-electron chi connectivity index (χ2n) is 5.97. The number of hydrogen-bond acceptors (Lipinski definition) is 2. The minimum Gasteiger partial charge on any atom is -0.385 e. The minimum atomic E-state index is -0.903. The Labute approximate surface area is 121 Å². The van der Waals surface area contributed by atoms with E-state index in [1.807, 2.05) is 32.9 Å². The van der Waals surface area contributed by atoms with Crippen molar-refractivity contribution in [1.82, 2.24) is 0 Å². The van der Waals surface area contributed by atoms with E-state index >= 15 is 0 Å². The van der Waals surface area contributed by atoms with E-state index < -0.39 is 6.10 Å². The van der Waals surface area contributed by atoms with Crippen LogP contribution < -0.4 is 0 Å². The summed E-state index contributed by atoms with van der Waals surface area (Å²) in [5, 5.41) is 10.3. The number of hydrogen-bond donors (Lipinski definition) is 1. The van der Waals surface area contributed by atoms with Gasteiger partial charge in [0.25, 0.3) is 0 Å². The zero-order chi connectivity index (χ0) is 14.7. The predicted molar refractivity (Wildman–Crippen MR) is 82.2 cm³/mol. The molecule has 2 nitrogen and oxygen atoms in total. The van der Waals surface area contributed by atoms with Gasteiger partial charge in [0.15, 0.2) is 5.78 Å². The quantitative estimate of drug-likeness (QED) is 0.663. The van der Waals surface area contributed by atoms with Crippen molar-refractivity contribution in [2.75, 3.05) is 0 Å². The second kappa shape index (κ2) is 6.36. The highest BCUT2D eigenvalue weighted by Gasteiger charge is 2.22. The standard InChI is InChI=1S/C18H24O2/c1-12-9-13(2)17(14(3)10-12)18(20)16(19)11-15-7-5-4-6-8-15/h7,9-10,16,19H,4-6,8,11H2,1-3H3/t16-/m0/s1. The molecule has 0 unspecified atom stereocenters. The Bertz CT molecular complexity index is 517. The molecule has 0 radical (unpaired) electrons. The number of carbonyl (C=O) groups is 1. The van der Waals surface area contributed by atoms with Gasteiger partial charge in [-0.25, -0.2) is 0 Å². The summed E-state index contributed by atoms with van der Waals surface area (Å²) in [6.07, 6.45) is 6.29. The zero-order valence-electron chi connectivity index (χ0n) is 12.7. The maximum atomic E-state index is 12.5. The third kappa shape index (κ3) is 3.37. The molecule has 0 bridgehead atoms. The molecule has 0 heterocycles. The summed E-state index contributed by atoms with van der Waals surface area (Å²) in [4.78, 5) is 12.5. The Morgan fingerprint density at radius 3 is 2.40 bits per heavy atom. The van der Waals surface area contributed by atoms with Gasteiger partial charge in [0, 0.05) is 12.0 Å². The molecule has 0 fully saturated rings. The number of rotatable bonds is 4. The van der Waals surface area contributed by atoms with Gasteiger partial charge in [-0.1, -0.05) is 29.3 Å². The fraction of sp³-hybridized carbons (Fsp3) is 0.500. The number of carbonyl (C=O) groups excluding carboxylic acids is 1. The van der Waals surface area contributed by atoms with E-state index in [4.69, 9.17) is 0 Å². The van der Waals surface area contributed by atoms with Gasteiger partial charge in [-0.2, -0.15) is 0 Å². The molecule has 2 heteroatoms. The number of ketones is 1. The van der Waals surface area contributed by atoms with Crippen molar-refractivity contribution in [3.05, 3.63) is 46.0 Å². The average molecular weight is 272 g/mol. The highest BCUT2D eigenvalue weighted by Crippen LogP contribution is 2.24. The molecule has 1 aliphatic carbocycles. The summed E-state index contributed by atoms with van der Waals surface area (Å²) in [6.45, 7) is 5.91. The number of Topliss-reactive ketones (excluding diaryl/α,β-unsaturated/α-hetero) is 1. The monoisotopic (exact) mass is 272 g/mol. The van der Waals surface area contributed by atoms with Crippen LogP contribution in [-0.2, 0) is 0 Å². The van der Waals surface area contributed by atoms with Gasteiger partial charge < -0.3 is 5.11 Å². The molecule has 108 valence electrons. The minimum absolute atomic E-state index is 0.133. The van der Waals surface area contributed by atoms with Crippen LogP contribution in [-0.4, -0.2) is 17.0 Å². The van der Waals surface area contributed by atoms with Gasteiger partial charge in [-0.05, 0) is 57.6 Å². The molecular weight excluding hydrogens is 248 g/mol. The SMILES string of the molecule is Cc1cc(C)c(C(=O)[C@@H](O)CC2=CCCCC2)c(C)c1. The number of aryl methyl sites for hydroxylation is 3. The number of aliphatic hydroxyl groups is 1. The van der Waals surface area contributed by atoms with E-state index in [0.29, 0.717) is 12.0 Å². The summed E-state index contributed by atoms with van der Waals surface area (Å²) in [7, 11) is 0. The molecule has 20 heavy (non-hydrogen) atoms. The largest absolute Gasteiger partial charge is 0.385 e. The first-order chi connectivity index (χ1) is 9.49. The number of allylic oxidation sites excluding steroid dienone is 1. The van der Waals surface area contributed by atoms with Crippen LogP contribution in [0.25, 0.3) is 0 Å². The van der Waals surface area contributed by atoms with E-state index in [0.717, 1.165) is 29.5 Å². The molecule has 1 atom stereocenters. The lowest BCUT2D eigenvalue weighted by molar-refractivity contribution is 0.0744. The molecule has 1 N–H and O–H groups in total. The van der Waals surface area contributed by atoms with Crippen molar-refractivity contribution < 1.29 is 9.90 Å². The average Bonchev–Trinajstić information content (AvgIpc) is 2.38. The third-order valence-electron chi connectivity index (χ3n) is 4.07. The van der Waals surface area contributed by atoms with Crippen molar-refractivity contribution in [1.29, 1.82) is 0 Å². The third-order valence-corrected chi connectivity index (χ3v) is 4.07. The predicted octanol–water partition coefficient (Wildman–Crippen LogP) is 4.05.